The number of fused-ring (bicyclic) bond motifs is 1. The Kier molecular flexibility index (Phi) is 8.81. The Morgan fingerprint density at radius 3 is 2.34 bits per heavy atom. The van der Waals surface area contributed by atoms with Crippen LogP contribution in [0.15, 0.2) is 90.3 Å². The van der Waals surface area contributed by atoms with Gasteiger partial charge in [-0.05, 0) is 39.9 Å². The van der Waals surface area contributed by atoms with Crippen LogP contribution in [0, 0.1) is 0 Å². The van der Waals surface area contributed by atoms with E-state index in [1.165, 1.54) is 0 Å². The maximum Gasteiger partial charge on any atom is 0.254 e. The molecule has 4 aromatic rings. The number of morpholine rings is 1. The lowest BCUT2D eigenvalue weighted by Gasteiger charge is -2.31. The molecule has 0 radical (unpaired) electrons. The fraction of sp³-hybridized carbons (Fsp3) is 0.290. The minimum Gasteiger partial charge on any atom is -0.379 e. The highest BCUT2D eigenvalue weighted by atomic mass is 32.1. The van der Waals surface area contributed by atoms with Gasteiger partial charge in [0.1, 0.15) is 6.54 Å². The van der Waals surface area contributed by atoms with Gasteiger partial charge < -0.3 is 14.5 Å². The molecule has 1 aliphatic heterocycles. The number of nitrogens with zero attached hydrogens (tertiary/aromatic N) is 3. The summed E-state index contributed by atoms with van der Waals surface area (Å²) >= 11 is 1.64. The van der Waals surface area contributed by atoms with Crippen LogP contribution >= 0.6 is 11.3 Å². The highest BCUT2D eigenvalue weighted by molar-refractivity contribution is 7.09. The van der Waals surface area contributed by atoms with E-state index < -0.39 is 0 Å². The van der Waals surface area contributed by atoms with Gasteiger partial charge in [0.05, 0.1) is 19.8 Å². The van der Waals surface area contributed by atoms with E-state index >= 15 is 0 Å². The number of benzene rings is 3. The Bertz CT molecular complexity index is 1340. The van der Waals surface area contributed by atoms with Crippen LogP contribution in [0.5, 0.6) is 0 Å². The third-order valence-electron chi connectivity index (χ3n) is 6.90. The molecule has 0 aliphatic carbocycles. The van der Waals surface area contributed by atoms with Gasteiger partial charge in [0.25, 0.3) is 5.91 Å². The minimum absolute atomic E-state index is 0.0359. The van der Waals surface area contributed by atoms with Gasteiger partial charge in [-0.3, -0.25) is 14.5 Å². The van der Waals surface area contributed by atoms with Crippen LogP contribution < -0.4 is 0 Å². The van der Waals surface area contributed by atoms with Crippen LogP contribution in [-0.2, 0) is 22.6 Å². The first-order valence-electron chi connectivity index (χ1n) is 13.1. The van der Waals surface area contributed by atoms with E-state index in [-0.39, 0.29) is 18.4 Å². The Morgan fingerprint density at radius 2 is 1.58 bits per heavy atom. The standard InChI is InChI=1S/C31H33N3O3S/c35-30(34(23-29-11-6-20-38-29)22-25-7-2-1-3-8-25)24-33(15-14-32-16-18-37-19-17-32)31(36)28-13-12-26-9-4-5-10-27(26)21-28/h1-13,20-21H,14-19,22-24H2. The lowest BCUT2D eigenvalue weighted by atomic mass is 10.1. The van der Waals surface area contributed by atoms with Gasteiger partial charge >= 0.3 is 0 Å². The molecular weight excluding hydrogens is 494 g/mol. The molecule has 0 unspecified atom stereocenters. The fourth-order valence-corrected chi connectivity index (χ4v) is 5.45. The molecule has 5 rings (SSSR count). The summed E-state index contributed by atoms with van der Waals surface area (Å²) in [4.78, 5) is 34.6. The summed E-state index contributed by atoms with van der Waals surface area (Å²) < 4.78 is 5.48. The number of carbonyl (C=O) groups excluding carboxylic acids is 2. The zero-order valence-corrected chi connectivity index (χ0v) is 22.3. The van der Waals surface area contributed by atoms with E-state index in [1.54, 1.807) is 16.2 Å². The first-order chi connectivity index (χ1) is 18.7. The van der Waals surface area contributed by atoms with Gasteiger partial charge in [-0.2, -0.15) is 0 Å². The molecule has 2 heterocycles. The van der Waals surface area contributed by atoms with Crippen LogP contribution in [0.4, 0.5) is 0 Å². The molecule has 1 saturated heterocycles. The maximum absolute atomic E-state index is 13.8. The van der Waals surface area contributed by atoms with Crippen molar-refractivity contribution in [2.45, 2.75) is 13.1 Å². The second-order valence-electron chi connectivity index (χ2n) is 9.56. The van der Waals surface area contributed by atoms with E-state index in [2.05, 4.69) is 4.90 Å². The number of ether oxygens (including phenoxy) is 1. The van der Waals surface area contributed by atoms with Crippen LogP contribution in [0.3, 0.4) is 0 Å². The molecule has 0 spiro atoms. The zero-order valence-electron chi connectivity index (χ0n) is 21.5. The Morgan fingerprint density at radius 1 is 0.816 bits per heavy atom. The number of hydrogen-bond acceptors (Lipinski definition) is 5. The normalized spacial score (nSPS) is 13.9. The minimum atomic E-state index is -0.117. The molecule has 3 aromatic carbocycles. The quantitative estimate of drug-likeness (QED) is 0.294. The first-order valence-corrected chi connectivity index (χ1v) is 14.0. The van der Waals surface area contributed by atoms with Crippen molar-refractivity contribution < 1.29 is 14.3 Å². The van der Waals surface area contributed by atoms with Gasteiger partial charge in [-0.15, -0.1) is 11.3 Å². The molecule has 0 atom stereocenters. The Balaban J connectivity index is 1.37. The average Bonchev–Trinajstić information content (AvgIpc) is 3.48. The summed E-state index contributed by atoms with van der Waals surface area (Å²) in [6.07, 6.45) is 0. The highest BCUT2D eigenvalue weighted by Crippen LogP contribution is 2.19. The van der Waals surface area contributed by atoms with Crippen LogP contribution in [0.25, 0.3) is 10.8 Å². The van der Waals surface area contributed by atoms with E-state index in [4.69, 9.17) is 4.74 Å². The molecule has 1 fully saturated rings. The van der Waals surface area contributed by atoms with Crippen LogP contribution in [-0.4, -0.2) is 72.5 Å². The maximum atomic E-state index is 13.8. The van der Waals surface area contributed by atoms with Crippen molar-refractivity contribution in [1.29, 1.82) is 0 Å². The van der Waals surface area contributed by atoms with Crippen molar-refractivity contribution in [2.75, 3.05) is 45.9 Å². The molecule has 0 N–H and O–H groups in total. The highest BCUT2D eigenvalue weighted by Gasteiger charge is 2.24. The predicted molar refractivity (Wildman–Crippen MR) is 152 cm³/mol. The smallest absolute Gasteiger partial charge is 0.254 e. The lowest BCUT2D eigenvalue weighted by Crippen LogP contribution is -2.47. The average molecular weight is 528 g/mol. The second-order valence-corrected chi connectivity index (χ2v) is 10.6. The van der Waals surface area contributed by atoms with Gasteiger partial charge in [0.15, 0.2) is 0 Å². The second kappa shape index (κ2) is 12.8. The molecule has 0 bridgehead atoms. The largest absolute Gasteiger partial charge is 0.379 e. The van der Waals surface area contributed by atoms with E-state index in [1.807, 2.05) is 95.2 Å². The van der Waals surface area contributed by atoms with Crippen molar-refractivity contribution in [1.82, 2.24) is 14.7 Å². The monoisotopic (exact) mass is 527 g/mol. The van der Waals surface area contributed by atoms with Gasteiger partial charge in [0.2, 0.25) is 5.91 Å². The number of amides is 2. The molecule has 2 amide bonds. The summed E-state index contributed by atoms with van der Waals surface area (Å²) in [5.41, 5.74) is 1.67. The lowest BCUT2D eigenvalue weighted by molar-refractivity contribution is -0.133. The summed E-state index contributed by atoms with van der Waals surface area (Å²) in [5.74, 6) is -0.175. The number of hydrogen-bond donors (Lipinski definition) is 0. The van der Waals surface area contributed by atoms with Gasteiger partial charge in [-0.1, -0.05) is 66.7 Å². The van der Waals surface area contributed by atoms with Crippen molar-refractivity contribution in [3.05, 3.63) is 106 Å². The molecule has 0 saturated carbocycles. The molecular formula is C31H33N3O3S. The molecule has 1 aromatic heterocycles. The summed E-state index contributed by atoms with van der Waals surface area (Å²) in [6.45, 7) is 5.32. The SMILES string of the molecule is O=C(CN(CCN1CCOCC1)C(=O)c1ccc2ccccc2c1)N(Cc1ccccc1)Cc1cccs1. The van der Waals surface area contributed by atoms with Crippen LogP contribution in [0.2, 0.25) is 0 Å². The third-order valence-corrected chi connectivity index (χ3v) is 7.76. The molecule has 1 aliphatic rings. The first kappa shape index (κ1) is 26.1. The van der Waals surface area contributed by atoms with E-state index in [0.29, 0.717) is 45.0 Å². The third kappa shape index (κ3) is 6.86. The van der Waals surface area contributed by atoms with Crippen molar-refractivity contribution in [2.24, 2.45) is 0 Å². The number of rotatable bonds is 10. The topological polar surface area (TPSA) is 53.1 Å². The Labute approximate surface area is 228 Å². The van der Waals surface area contributed by atoms with Crippen molar-refractivity contribution in [3.63, 3.8) is 0 Å². The number of carbonyl (C=O) groups is 2. The number of thiophene rings is 1. The van der Waals surface area contributed by atoms with Gasteiger partial charge in [-0.25, -0.2) is 0 Å². The van der Waals surface area contributed by atoms with Gasteiger partial charge in [0, 0.05) is 43.2 Å². The summed E-state index contributed by atoms with van der Waals surface area (Å²) in [7, 11) is 0. The van der Waals surface area contributed by atoms with Crippen molar-refractivity contribution in [3.8, 4) is 0 Å². The fourth-order valence-electron chi connectivity index (χ4n) is 4.73. The van der Waals surface area contributed by atoms with Crippen LogP contribution in [0.1, 0.15) is 20.8 Å². The molecule has 7 heteroatoms. The molecule has 6 nitrogen and oxygen atoms in total. The summed E-state index contributed by atoms with van der Waals surface area (Å²) in [6, 6.07) is 27.9. The van der Waals surface area contributed by atoms with E-state index in [0.717, 1.165) is 34.3 Å². The molecule has 38 heavy (non-hydrogen) atoms. The predicted octanol–water partition coefficient (Wildman–Crippen LogP) is 4.90. The van der Waals surface area contributed by atoms with Crippen molar-refractivity contribution >= 4 is 33.9 Å². The Hall–Kier alpha value is -3.52. The summed E-state index contributed by atoms with van der Waals surface area (Å²) in [5, 5.41) is 4.13. The molecule has 196 valence electrons. The zero-order chi connectivity index (χ0) is 26.2. The van der Waals surface area contributed by atoms with E-state index in [9.17, 15) is 9.59 Å².